The number of aliphatic hydroxyl groups excluding tert-OH is 1. The molecule has 0 radical (unpaired) electrons. The van der Waals surface area contributed by atoms with Gasteiger partial charge in [-0.05, 0) is 32.9 Å². The zero-order valence-electron chi connectivity index (χ0n) is 11.0. The lowest BCUT2D eigenvalue weighted by Crippen LogP contribution is -2.60. The van der Waals surface area contributed by atoms with E-state index in [1.165, 1.54) is 0 Å². The van der Waals surface area contributed by atoms with Crippen LogP contribution in [-0.4, -0.2) is 40.7 Å². The second kappa shape index (κ2) is 4.61. The van der Waals surface area contributed by atoms with Gasteiger partial charge in [0.2, 0.25) is 0 Å². The van der Waals surface area contributed by atoms with Gasteiger partial charge in [-0.25, -0.2) is 0 Å². The molecule has 0 bridgehead atoms. The molecule has 4 heteroatoms. The van der Waals surface area contributed by atoms with Crippen LogP contribution in [0.5, 0.6) is 5.75 Å². The van der Waals surface area contributed by atoms with Gasteiger partial charge in [0.15, 0.2) is 5.60 Å². The van der Waals surface area contributed by atoms with Crippen molar-refractivity contribution in [2.75, 3.05) is 13.1 Å². The van der Waals surface area contributed by atoms with Crippen LogP contribution in [0.4, 0.5) is 0 Å². The summed E-state index contributed by atoms with van der Waals surface area (Å²) >= 11 is 0. The van der Waals surface area contributed by atoms with Crippen molar-refractivity contribution in [3.63, 3.8) is 0 Å². The second-order valence-electron chi connectivity index (χ2n) is 5.29. The highest BCUT2D eigenvalue weighted by atomic mass is 16.5. The lowest BCUT2D eigenvalue weighted by molar-refractivity contribution is -0.155. The topological polar surface area (TPSA) is 49.8 Å². The van der Waals surface area contributed by atoms with Gasteiger partial charge in [-0.3, -0.25) is 4.79 Å². The van der Waals surface area contributed by atoms with Gasteiger partial charge in [0.1, 0.15) is 5.75 Å². The maximum absolute atomic E-state index is 12.2. The summed E-state index contributed by atoms with van der Waals surface area (Å²) in [7, 11) is 0. The number of carbonyl (C=O) groups excluding carboxylic acids is 1. The number of carbonyl (C=O) groups is 1. The summed E-state index contributed by atoms with van der Waals surface area (Å²) in [4.78, 5) is 13.8. The van der Waals surface area contributed by atoms with Crippen LogP contribution in [0.15, 0.2) is 24.3 Å². The predicted octanol–water partition coefficient (Wildman–Crippen LogP) is 1.36. The maximum Gasteiger partial charge on any atom is 0.266 e. The van der Waals surface area contributed by atoms with Gasteiger partial charge in [0, 0.05) is 13.1 Å². The summed E-state index contributed by atoms with van der Waals surface area (Å²) in [5, 5.41) is 9.22. The predicted molar refractivity (Wildman–Crippen MR) is 68.5 cm³/mol. The minimum Gasteiger partial charge on any atom is -0.478 e. The molecule has 1 N–H and O–H groups in total. The highest BCUT2D eigenvalue weighted by molar-refractivity contribution is 5.85. The monoisotopic (exact) mass is 249 g/mol. The molecule has 0 aliphatic carbocycles. The van der Waals surface area contributed by atoms with Crippen LogP contribution in [0.2, 0.25) is 0 Å². The third kappa shape index (κ3) is 2.64. The third-order valence-electron chi connectivity index (χ3n) is 3.06. The number of ether oxygens (including phenoxy) is 1. The van der Waals surface area contributed by atoms with Gasteiger partial charge in [-0.2, -0.15) is 0 Å². The van der Waals surface area contributed by atoms with Crippen LogP contribution in [-0.2, 0) is 4.79 Å². The van der Waals surface area contributed by atoms with Crippen LogP contribution in [0.3, 0.4) is 0 Å². The van der Waals surface area contributed by atoms with Crippen LogP contribution in [0, 0.1) is 6.92 Å². The zero-order chi connectivity index (χ0) is 13.3. The first-order chi connectivity index (χ1) is 8.38. The highest BCUT2D eigenvalue weighted by Crippen LogP contribution is 2.22. The van der Waals surface area contributed by atoms with Gasteiger partial charge >= 0.3 is 0 Å². The first-order valence-electron chi connectivity index (χ1n) is 6.11. The molecule has 18 heavy (non-hydrogen) atoms. The molecular weight excluding hydrogens is 230 g/mol. The van der Waals surface area contributed by atoms with Gasteiger partial charge in [0.05, 0.1) is 6.10 Å². The molecule has 1 heterocycles. The molecule has 1 aliphatic heterocycles. The molecule has 0 spiro atoms. The quantitative estimate of drug-likeness (QED) is 0.880. The molecule has 0 atom stereocenters. The normalized spacial score (nSPS) is 16.3. The Bertz CT molecular complexity index is 433. The SMILES string of the molecule is Cc1ccc(OC(C)(C)C(=O)N2CC(O)C2)cc1. The number of benzene rings is 1. The summed E-state index contributed by atoms with van der Waals surface area (Å²) in [6, 6.07) is 7.61. The van der Waals surface area contributed by atoms with E-state index in [9.17, 15) is 9.90 Å². The fourth-order valence-corrected chi connectivity index (χ4v) is 1.95. The number of likely N-dealkylation sites (tertiary alicyclic amines) is 1. The van der Waals surface area contributed by atoms with Crippen molar-refractivity contribution in [2.45, 2.75) is 32.5 Å². The van der Waals surface area contributed by atoms with E-state index in [1.807, 2.05) is 31.2 Å². The first-order valence-corrected chi connectivity index (χ1v) is 6.11. The lowest BCUT2D eigenvalue weighted by Gasteiger charge is -2.40. The summed E-state index contributed by atoms with van der Waals surface area (Å²) in [6.45, 7) is 6.31. The van der Waals surface area contributed by atoms with E-state index in [0.29, 0.717) is 18.8 Å². The molecule has 0 saturated carbocycles. The lowest BCUT2D eigenvalue weighted by atomic mass is 10.0. The Morgan fingerprint density at radius 1 is 1.33 bits per heavy atom. The summed E-state index contributed by atoms with van der Waals surface area (Å²) in [5.41, 5.74) is 0.243. The molecule has 2 rings (SSSR count). The number of nitrogens with zero attached hydrogens (tertiary/aromatic N) is 1. The summed E-state index contributed by atoms with van der Waals surface area (Å²) in [5.74, 6) is 0.591. The van der Waals surface area contributed by atoms with Gasteiger partial charge in [-0.1, -0.05) is 17.7 Å². The maximum atomic E-state index is 12.2. The van der Waals surface area contributed by atoms with E-state index in [2.05, 4.69) is 0 Å². The Morgan fingerprint density at radius 3 is 2.39 bits per heavy atom. The van der Waals surface area contributed by atoms with Crippen LogP contribution < -0.4 is 4.74 Å². The minimum atomic E-state index is -0.907. The molecule has 1 fully saturated rings. The molecule has 1 aromatic carbocycles. The molecule has 4 nitrogen and oxygen atoms in total. The fourth-order valence-electron chi connectivity index (χ4n) is 1.95. The highest BCUT2D eigenvalue weighted by Gasteiger charge is 2.39. The third-order valence-corrected chi connectivity index (χ3v) is 3.06. The largest absolute Gasteiger partial charge is 0.478 e. The van der Waals surface area contributed by atoms with Crippen molar-refractivity contribution in [1.82, 2.24) is 4.90 Å². The van der Waals surface area contributed by atoms with Crippen LogP contribution in [0.1, 0.15) is 19.4 Å². The number of amides is 1. The molecule has 0 aromatic heterocycles. The average molecular weight is 249 g/mol. The number of hydrogen-bond donors (Lipinski definition) is 1. The van der Waals surface area contributed by atoms with Crippen molar-refractivity contribution >= 4 is 5.91 Å². The van der Waals surface area contributed by atoms with E-state index in [0.717, 1.165) is 5.56 Å². The average Bonchev–Trinajstić information content (AvgIpc) is 2.27. The fraction of sp³-hybridized carbons (Fsp3) is 0.500. The summed E-state index contributed by atoms with van der Waals surface area (Å²) < 4.78 is 5.74. The van der Waals surface area contributed by atoms with E-state index >= 15 is 0 Å². The Hall–Kier alpha value is -1.55. The first kappa shape index (κ1) is 12.9. The van der Waals surface area contributed by atoms with Gasteiger partial charge < -0.3 is 14.7 Å². The number of β-amino-alcohol motifs (C(OH)–C–C–N with tert-alkyl or cyclic N) is 1. The second-order valence-corrected chi connectivity index (χ2v) is 5.29. The van der Waals surface area contributed by atoms with Crippen LogP contribution >= 0.6 is 0 Å². The van der Waals surface area contributed by atoms with Crippen LogP contribution in [0.25, 0.3) is 0 Å². The Kier molecular flexibility index (Phi) is 3.30. The van der Waals surface area contributed by atoms with Crippen molar-refractivity contribution in [3.8, 4) is 5.75 Å². The summed E-state index contributed by atoms with van der Waals surface area (Å²) in [6.07, 6.45) is -0.385. The van der Waals surface area contributed by atoms with Crippen molar-refractivity contribution in [1.29, 1.82) is 0 Å². The van der Waals surface area contributed by atoms with Crippen molar-refractivity contribution < 1.29 is 14.6 Å². The molecule has 1 saturated heterocycles. The molecule has 0 unspecified atom stereocenters. The molecule has 1 amide bonds. The standard InChI is InChI=1S/C14H19NO3/c1-10-4-6-12(7-5-10)18-14(2,3)13(17)15-8-11(16)9-15/h4-7,11,16H,8-9H2,1-3H3. The number of hydrogen-bond acceptors (Lipinski definition) is 3. The number of aliphatic hydroxyl groups is 1. The Morgan fingerprint density at radius 2 is 1.89 bits per heavy atom. The van der Waals surface area contributed by atoms with Gasteiger partial charge in [-0.15, -0.1) is 0 Å². The minimum absolute atomic E-state index is 0.0895. The number of rotatable bonds is 3. The van der Waals surface area contributed by atoms with Crippen molar-refractivity contribution in [3.05, 3.63) is 29.8 Å². The van der Waals surface area contributed by atoms with E-state index in [1.54, 1.807) is 18.7 Å². The molecular formula is C14H19NO3. The van der Waals surface area contributed by atoms with E-state index < -0.39 is 5.60 Å². The Balaban J connectivity index is 2.02. The molecule has 98 valence electrons. The van der Waals surface area contributed by atoms with E-state index in [-0.39, 0.29) is 12.0 Å². The molecule has 1 aromatic rings. The van der Waals surface area contributed by atoms with E-state index in [4.69, 9.17) is 4.74 Å². The number of aryl methyl sites for hydroxylation is 1. The van der Waals surface area contributed by atoms with Crippen molar-refractivity contribution in [2.24, 2.45) is 0 Å². The smallest absolute Gasteiger partial charge is 0.266 e. The molecule has 1 aliphatic rings. The Labute approximate surface area is 107 Å². The zero-order valence-corrected chi connectivity index (χ0v) is 11.0. The van der Waals surface area contributed by atoms with Gasteiger partial charge in [0.25, 0.3) is 5.91 Å².